The molecule has 0 fully saturated rings. The van der Waals surface area contributed by atoms with Crippen LogP contribution >= 0.6 is 48.0 Å². The second-order valence-electron chi connectivity index (χ2n) is 5.91. The zero-order valence-electron chi connectivity index (χ0n) is 14.6. The quantitative estimate of drug-likeness (QED) is 0.301. The number of nitrogens with zero attached hydrogens (tertiary/aromatic N) is 3. The largest absolute Gasteiger partial charge is 0.357 e. The molecule has 0 radical (unpaired) electrons. The highest BCUT2D eigenvalue weighted by Crippen LogP contribution is 2.28. The first-order valence-corrected chi connectivity index (χ1v) is 9.02. The fourth-order valence-electron chi connectivity index (χ4n) is 2.79. The van der Waals surface area contributed by atoms with Crippen LogP contribution in [0.5, 0.6) is 0 Å². The number of nitrogens with one attached hydrogen (secondary N) is 4. The van der Waals surface area contributed by atoms with Crippen molar-refractivity contribution in [3.63, 3.8) is 0 Å². The van der Waals surface area contributed by atoms with Crippen LogP contribution < -0.4 is 10.6 Å². The maximum absolute atomic E-state index is 6.21. The van der Waals surface area contributed by atoms with Crippen LogP contribution in [0.25, 0.3) is 22.2 Å². The standard InChI is InChI=1S/C17H17Cl2N7.2ClH/c18-10-6-13(19)12-8-11(24-14(12)7-10)9-20-2-1-3-23-17-25-15-16(26-17)22-5-4-21-15;;/h4-8,20,24H,1-3,9H2,(H2,21,22,23,25,26);2*1H. The van der Waals surface area contributed by atoms with E-state index in [9.17, 15) is 0 Å². The Kier molecular flexibility index (Phi) is 8.15. The number of benzene rings is 1. The Balaban J connectivity index is 0.00000140. The average molecular weight is 463 g/mol. The molecule has 0 atom stereocenters. The second kappa shape index (κ2) is 10.1. The summed E-state index contributed by atoms with van der Waals surface area (Å²) >= 11 is 12.2. The van der Waals surface area contributed by atoms with Gasteiger partial charge in [-0.25, -0.2) is 9.97 Å². The highest BCUT2D eigenvalue weighted by atomic mass is 35.5. The number of hydrogen-bond donors (Lipinski definition) is 4. The van der Waals surface area contributed by atoms with Crippen LogP contribution in [0, 0.1) is 0 Å². The molecule has 150 valence electrons. The van der Waals surface area contributed by atoms with Crippen molar-refractivity contribution in [2.45, 2.75) is 13.0 Å². The third-order valence-corrected chi connectivity index (χ3v) is 4.51. The maximum atomic E-state index is 6.21. The van der Waals surface area contributed by atoms with Crippen LogP contribution in [-0.2, 0) is 6.54 Å². The summed E-state index contributed by atoms with van der Waals surface area (Å²) in [5.41, 5.74) is 3.33. The molecule has 4 rings (SSSR count). The Hall–Kier alpha value is -1.77. The summed E-state index contributed by atoms with van der Waals surface area (Å²) in [5, 5.41) is 8.93. The molecule has 0 aliphatic rings. The zero-order valence-corrected chi connectivity index (χ0v) is 17.8. The average Bonchev–Trinajstić information content (AvgIpc) is 3.21. The van der Waals surface area contributed by atoms with Crippen molar-refractivity contribution in [3.8, 4) is 0 Å². The topological polar surface area (TPSA) is 94.3 Å². The van der Waals surface area contributed by atoms with Crippen LogP contribution in [-0.4, -0.2) is 38.0 Å². The van der Waals surface area contributed by atoms with Crippen molar-refractivity contribution in [2.24, 2.45) is 0 Å². The molecule has 0 bridgehead atoms. The lowest BCUT2D eigenvalue weighted by Gasteiger charge is -2.04. The van der Waals surface area contributed by atoms with Crippen molar-refractivity contribution in [1.82, 2.24) is 30.2 Å². The first kappa shape index (κ1) is 22.5. The number of rotatable bonds is 7. The molecule has 0 saturated carbocycles. The summed E-state index contributed by atoms with van der Waals surface area (Å²) in [6, 6.07) is 5.69. The molecule has 4 N–H and O–H groups in total. The summed E-state index contributed by atoms with van der Waals surface area (Å²) in [6.07, 6.45) is 4.21. The lowest BCUT2D eigenvalue weighted by atomic mass is 10.2. The number of halogens is 4. The van der Waals surface area contributed by atoms with Crippen molar-refractivity contribution in [1.29, 1.82) is 0 Å². The highest BCUT2D eigenvalue weighted by Gasteiger charge is 2.06. The van der Waals surface area contributed by atoms with Crippen molar-refractivity contribution in [3.05, 3.63) is 46.3 Å². The number of hydrogen-bond acceptors (Lipinski definition) is 5. The summed E-state index contributed by atoms with van der Waals surface area (Å²) in [5.74, 6) is 0.688. The van der Waals surface area contributed by atoms with Gasteiger partial charge < -0.3 is 20.6 Å². The molecule has 28 heavy (non-hydrogen) atoms. The van der Waals surface area contributed by atoms with Crippen LogP contribution in [0.15, 0.2) is 30.6 Å². The predicted molar refractivity (Wildman–Crippen MR) is 119 cm³/mol. The number of imidazole rings is 1. The number of anilines is 1. The maximum Gasteiger partial charge on any atom is 0.203 e. The molecule has 0 amide bonds. The third kappa shape index (κ3) is 5.18. The van der Waals surface area contributed by atoms with E-state index in [0.717, 1.165) is 42.7 Å². The lowest BCUT2D eigenvalue weighted by molar-refractivity contribution is 0.655. The first-order chi connectivity index (χ1) is 12.7. The minimum atomic E-state index is 0. The number of aromatic nitrogens is 5. The van der Waals surface area contributed by atoms with Crippen molar-refractivity contribution >= 4 is 76.2 Å². The monoisotopic (exact) mass is 461 g/mol. The van der Waals surface area contributed by atoms with Crippen LogP contribution in [0.2, 0.25) is 10.0 Å². The Morgan fingerprint density at radius 1 is 0.964 bits per heavy atom. The first-order valence-electron chi connectivity index (χ1n) is 8.27. The highest BCUT2D eigenvalue weighted by molar-refractivity contribution is 6.38. The lowest BCUT2D eigenvalue weighted by Crippen LogP contribution is -2.18. The van der Waals surface area contributed by atoms with E-state index in [2.05, 4.69) is 35.6 Å². The molecule has 0 aliphatic carbocycles. The molecule has 3 heterocycles. The fourth-order valence-corrected chi connectivity index (χ4v) is 3.34. The van der Waals surface area contributed by atoms with Gasteiger partial charge in [0.2, 0.25) is 5.95 Å². The van der Waals surface area contributed by atoms with Gasteiger partial charge in [0.25, 0.3) is 0 Å². The minimum absolute atomic E-state index is 0. The molecular formula is C17H19Cl4N7. The number of fused-ring (bicyclic) bond motifs is 2. The van der Waals surface area contributed by atoms with Gasteiger partial charge in [0.1, 0.15) is 0 Å². The van der Waals surface area contributed by atoms with E-state index in [1.54, 1.807) is 18.5 Å². The van der Waals surface area contributed by atoms with Gasteiger partial charge in [-0.3, -0.25) is 0 Å². The Bertz CT molecular complexity index is 1010. The van der Waals surface area contributed by atoms with Gasteiger partial charge in [0.15, 0.2) is 11.3 Å². The van der Waals surface area contributed by atoms with E-state index in [4.69, 9.17) is 23.2 Å². The third-order valence-electron chi connectivity index (χ3n) is 3.98. The SMILES string of the molecule is Cl.Cl.Clc1cc(Cl)c2cc(CNCCCNc3nc4nccnc4[nH]3)[nH]c2c1. The van der Waals surface area contributed by atoms with Crippen molar-refractivity contribution in [2.75, 3.05) is 18.4 Å². The molecule has 7 nitrogen and oxygen atoms in total. The van der Waals surface area contributed by atoms with E-state index in [1.165, 1.54) is 0 Å². The normalized spacial score (nSPS) is 10.6. The number of H-pyrrole nitrogens is 2. The molecule has 3 aromatic heterocycles. The van der Waals surface area contributed by atoms with Gasteiger partial charge in [-0.15, -0.1) is 24.8 Å². The molecule has 4 aromatic rings. The minimum Gasteiger partial charge on any atom is -0.357 e. The molecule has 0 aliphatic heterocycles. The van der Waals surface area contributed by atoms with Crippen LogP contribution in [0.3, 0.4) is 0 Å². The van der Waals surface area contributed by atoms with E-state index in [0.29, 0.717) is 27.3 Å². The van der Waals surface area contributed by atoms with E-state index >= 15 is 0 Å². The zero-order chi connectivity index (χ0) is 17.9. The van der Waals surface area contributed by atoms with E-state index in [-0.39, 0.29) is 24.8 Å². The summed E-state index contributed by atoms with van der Waals surface area (Å²) in [4.78, 5) is 19.1. The molecule has 0 unspecified atom stereocenters. The van der Waals surface area contributed by atoms with Gasteiger partial charge >= 0.3 is 0 Å². The van der Waals surface area contributed by atoms with Crippen molar-refractivity contribution < 1.29 is 0 Å². The predicted octanol–water partition coefficient (Wildman–Crippen LogP) is 4.58. The Morgan fingerprint density at radius 3 is 2.61 bits per heavy atom. The smallest absolute Gasteiger partial charge is 0.203 e. The van der Waals surface area contributed by atoms with Crippen LogP contribution in [0.4, 0.5) is 5.95 Å². The fraction of sp³-hybridized carbons (Fsp3) is 0.235. The summed E-state index contributed by atoms with van der Waals surface area (Å²) in [7, 11) is 0. The van der Waals surface area contributed by atoms with E-state index in [1.807, 2.05) is 12.1 Å². The van der Waals surface area contributed by atoms with Gasteiger partial charge in [0.05, 0.1) is 5.02 Å². The van der Waals surface area contributed by atoms with Crippen LogP contribution in [0.1, 0.15) is 12.1 Å². The Labute approximate surface area is 183 Å². The molecule has 0 saturated heterocycles. The molecular weight excluding hydrogens is 444 g/mol. The van der Waals surface area contributed by atoms with Gasteiger partial charge in [-0.2, -0.15) is 4.98 Å². The second-order valence-corrected chi connectivity index (χ2v) is 6.76. The van der Waals surface area contributed by atoms with Gasteiger partial charge in [-0.05, 0) is 31.2 Å². The molecule has 11 heteroatoms. The van der Waals surface area contributed by atoms with Gasteiger partial charge in [0, 0.05) is 47.1 Å². The Morgan fingerprint density at radius 2 is 1.79 bits per heavy atom. The summed E-state index contributed by atoms with van der Waals surface area (Å²) in [6.45, 7) is 2.40. The molecule has 0 spiro atoms. The summed E-state index contributed by atoms with van der Waals surface area (Å²) < 4.78 is 0. The molecule has 1 aromatic carbocycles. The number of aromatic amines is 2. The van der Waals surface area contributed by atoms with E-state index < -0.39 is 0 Å². The van der Waals surface area contributed by atoms with Gasteiger partial charge in [-0.1, -0.05) is 23.2 Å².